The van der Waals surface area contributed by atoms with Crippen molar-refractivity contribution in [1.82, 2.24) is 45.5 Å². The van der Waals surface area contributed by atoms with Crippen molar-refractivity contribution < 1.29 is 0 Å². The van der Waals surface area contributed by atoms with E-state index in [0.29, 0.717) is 17.8 Å². The summed E-state index contributed by atoms with van der Waals surface area (Å²) in [5.74, 6) is 1.10. The molecule has 1 fully saturated rings. The number of benzene rings is 1. The molecule has 38 heavy (non-hydrogen) atoms. The summed E-state index contributed by atoms with van der Waals surface area (Å²) in [5, 5.41) is 31.8. The summed E-state index contributed by atoms with van der Waals surface area (Å²) >= 11 is 0. The van der Waals surface area contributed by atoms with Crippen LogP contribution in [0.4, 0.5) is 17.1 Å². The highest BCUT2D eigenvalue weighted by Gasteiger charge is 2.28. The van der Waals surface area contributed by atoms with Gasteiger partial charge in [0.2, 0.25) is 5.82 Å². The molecule has 0 amide bonds. The highest BCUT2D eigenvalue weighted by atomic mass is 15.5. The lowest BCUT2D eigenvalue weighted by molar-refractivity contribution is 0.178. The van der Waals surface area contributed by atoms with Crippen LogP contribution in [0.1, 0.15) is 51.9 Å². The molecule has 5 rings (SSSR count). The number of hydrogen-bond acceptors (Lipinski definition) is 9. The van der Waals surface area contributed by atoms with Crippen LogP contribution in [0.5, 0.6) is 0 Å². The number of nitrogens with zero attached hydrogens (tertiary/aromatic N) is 9. The predicted octanol–water partition coefficient (Wildman–Crippen LogP) is 4.09. The van der Waals surface area contributed by atoms with Gasteiger partial charge in [0.05, 0.1) is 34.5 Å². The Morgan fingerprint density at radius 3 is 2.66 bits per heavy atom. The third kappa shape index (κ3) is 5.83. The summed E-state index contributed by atoms with van der Waals surface area (Å²) in [5.41, 5.74) is 6.21. The first-order valence-electron chi connectivity index (χ1n) is 13.3. The highest BCUT2D eigenvalue weighted by molar-refractivity contribution is 5.89. The second kappa shape index (κ2) is 11.3. The minimum absolute atomic E-state index is 0.282. The molecule has 11 nitrogen and oxygen atoms in total. The van der Waals surface area contributed by atoms with E-state index in [-0.39, 0.29) is 6.04 Å². The zero-order valence-electron chi connectivity index (χ0n) is 22.8. The van der Waals surface area contributed by atoms with Gasteiger partial charge >= 0.3 is 0 Å². The van der Waals surface area contributed by atoms with Crippen molar-refractivity contribution >= 4 is 17.1 Å². The Kier molecular flexibility index (Phi) is 7.64. The molecule has 1 aromatic carbocycles. The molecule has 2 N–H and O–H groups in total. The molecule has 11 heteroatoms. The van der Waals surface area contributed by atoms with Gasteiger partial charge in [-0.2, -0.15) is 20.5 Å². The van der Waals surface area contributed by atoms with Crippen LogP contribution in [-0.4, -0.2) is 71.2 Å². The molecule has 1 aliphatic rings. The summed E-state index contributed by atoms with van der Waals surface area (Å²) in [7, 11) is 0. The summed E-state index contributed by atoms with van der Waals surface area (Å²) in [4.78, 5) is 4.92. The molecule has 1 saturated heterocycles. The van der Waals surface area contributed by atoms with Crippen molar-refractivity contribution in [2.45, 2.75) is 59.7 Å². The number of aromatic amines is 1. The topological polar surface area (TPSA) is 117 Å². The van der Waals surface area contributed by atoms with Crippen LogP contribution in [0.3, 0.4) is 0 Å². The third-order valence-electron chi connectivity index (χ3n) is 6.90. The number of rotatable bonds is 9. The Hall–Kier alpha value is -3.86. The Morgan fingerprint density at radius 2 is 2.00 bits per heavy atom. The Balaban J connectivity index is 1.50. The molecule has 0 bridgehead atoms. The molecule has 4 aromatic rings. The minimum atomic E-state index is 0.282. The third-order valence-corrected chi connectivity index (χ3v) is 6.90. The van der Waals surface area contributed by atoms with E-state index in [1.165, 1.54) is 5.56 Å². The van der Waals surface area contributed by atoms with Crippen LogP contribution in [0.25, 0.3) is 11.4 Å². The van der Waals surface area contributed by atoms with Crippen molar-refractivity contribution in [3.8, 4) is 11.4 Å². The highest BCUT2D eigenvalue weighted by Crippen LogP contribution is 2.39. The summed E-state index contributed by atoms with van der Waals surface area (Å²) in [6.07, 6.45) is 6.59. The van der Waals surface area contributed by atoms with Gasteiger partial charge in [0, 0.05) is 50.7 Å². The Morgan fingerprint density at radius 1 is 1.13 bits per heavy atom. The first kappa shape index (κ1) is 25.8. The number of H-pyrrole nitrogens is 1. The van der Waals surface area contributed by atoms with Gasteiger partial charge in [-0.25, -0.2) is 0 Å². The van der Waals surface area contributed by atoms with Gasteiger partial charge in [0.1, 0.15) is 0 Å². The minimum Gasteiger partial charge on any atom is -0.368 e. The summed E-state index contributed by atoms with van der Waals surface area (Å²) in [6.45, 7) is 14.5. The molecular weight excluding hydrogens is 478 g/mol. The molecule has 0 unspecified atom stereocenters. The average Bonchev–Trinajstić information content (AvgIpc) is 3.58. The number of nitrogens with one attached hydrogen (secondary N) is 2. The number of piperazine rings is 1. The molecule has 4 heterocycles. The Bertz CT molecular complexity index is 1310. The molecular formula is C27H37N11. The maximum absolute atomic E-state index is 4.52. The molecule has 0 aliphatic carbocycles. The van der Waals surface area contributed by atoms with Crippen LogP contribution < -0.4 is 10.2 Å². The predicted molar refractivity (Wildman–Crippen MR) is 148 cm³/mol. The van der Waals surface area contributed by atoms with Gasteiger partial charge in [-0.3, -0.25) is 9.58 Å². The van der Waals surface area contributed by atoms with Gasteiger partial charge in [0.25, 0.3) is 0 Å². The number of aromatic nitrogens is 8. The fraction of sp³-hybridized carbons (Fsp3) is 0.481. The van der Waals surface area contributed by atoms with Crippen molar-refractivity contribution in [3.63, 3.8) is 0 Å². The maximum atomic E-state index is 4.52. The fourth-order valence-corrected chi connectivity index (χ4v) is 5.04. The van der Waals surface area contributed by atoms with Crippen LogP contribution in [0.2, 0.25) is 0 Å². The van der Waals surface area contributed by atoms with E-state index in [4.69, 9.17) is 0 Å². The van der Waals surface area contributed by atoms with Gasteiger partial charge in [-0.15, -0.1) is 10.2 Å². The van der Waals surface area contributed by atoms with E-state index in [0.717, 1.165) is 60.9 Å². The Labute approximate surface area is 223 Å². The lowest BCUT2D eigenvalue weighted by Crippen LogP contribution is -2.51. The first-order chi connectivity index (χ1) is 18.4. The van der Waals surface area contributed by atoms with Gasteiger partial charge in [0.15, 0.2) is 0 Å². The van der Waals surface area contributed by atoms with E-state index in [1.807, 2.05) is 29.2 Å². The van der Waals surface area contributed by atoms with Crippen molar-refractivity contribution in [1.29, 1.82) is 0 Å². The van der Waals surface area contributed by atoms with Gasteiger partial charge in [-0.05, 0) is 68.2 Å². The molecule has 1 aliphatic heterocycles. The van der Waals surface area contributed by atoms with Crippen LogP contribution in [0, 0.1) is 5.92 Å². The second-order valence-corrected chi connectivity index (χ2v) is 10.8. The number of hydrogen-bond donors (Lipinski definition) is 2. The normalized spacial score (nSPS) is 16.5. The van der Waals surface area contributed by atoms with Crippen LogP contribution >= 0.6 is 0 Å². The zero-order valence-corrected chi connectivity index (χ0v) is 22.8. The zero-order chi connectivity index (χ0) is 26.6. The summed E-state index contributed by atoms with van der Waals surface area (Å²) in [6, 6.07) is 9.12. The van der Waals surface area contributed by atoms with Crippen molar-refractivity contribution in [3.05, 3.63) is 54.1 Å². The van der Waals surface area contributed by atoms with Gasteiger partial charge < -0.3 is 10.2 Å². The van der Waals surface area contributed by atoms with E-state index >= 15 is 0 Å². The molecule has 1 atom stereocenters. The quantitative estimate of drug-likeness (QED) is 0.340. The van der Waals surface area contributed by atoms with E-state index in [1.54, 1.807) is 6.20 Å². The summed E-state index contributed by atoms with van der Waals surface area (Å²) < 4.78 is 1.95. The smallest absolute Gasteiger partial charge is 0.208 e. The van der Waals surface area contributed by atoms with Gasteiger partial charge in [-0.1, -0.05) is 13.8 Å². The first-order valence-corrected chi connectivity index (χ1v) is 13.3. The number of anilines is 3. The molecule has 0 radical (unpaired) electrons. The van der Waals surface area contributed by atoms with E-state index in [2.05, 4.69) is 97.8 Å². The number of tetrazole rings is 1. The SMILES string of the molecule is CC(C)Cc1cc(Nc2cnn(C(C)C)c2)c(-c2nn[nH]n2)c(N2CCN(Cc3cccnn3)[C@@H](C)C2)c1. The average molecular weight is 516 g/mol. The van der Waals surface area contributed by atoms with Crippen LogP contribution in [0.15, 0.2) is 42.9 Å². The van der Waals surface area contributed by atoms with E-state index < -0.39 is 0 Å². The molecule has 0 saturated carbocycles. The lowest BCUT2D eigenvalue weighted by Gasteiger charge is -2.41. The molecule has 200 valence electrons. The largest absolute Gasteiger partial charge is 0.368 e. The fourth-order valence-electron chi connectivity index (χ4n) is 5.04. The second-order valence-electron chi connectivity index (χ2n) is 10.8. The standard InChI is InChI=1S/C27H37N11/c1-18(2)11-21-12-24(30-23-14-29-38(17-23)19(3)4)26(27-32-34-35-33-27)25(13-21)37-10-9-36(20(5)15-37)16-22-7-6-8-28-31-22/h6-8,12-14,17-20,30H,9-11,15-16H2,1-5H3,(H,32,33,34,35)/t20-/m0/s1. The van der Waals surface area contributed by atoms with Crippen molar-refractivity contribution in [2.75, 3.05) is 29.9 Å². The van der Waals surface area contributed by atoms with E-state index in [9.17, 15) is 0 Å². The van der Waals surface area contributed by atoms with Crippen molar-refractivity contribution in [2.24, 2.45) is 5.92 Å². The molecule has 0 spiro atoms. The maximum Gasteiger partial charge on any atom is 0.208 e. The monoisotopic (exact) mass is 515 g/mol. The molecule has 3 aromatic heterocycles. The van der Waals surface area contributed by atoms with Crippen LogP contribution in [-0.2, 0) is 13.0 Å². The lowest BCUT2D eigenvalue weighted by atomic mass is 9.97.